The minimum Gasteiger partial charge on any atom is -0.211 e. The van der Waals surface area contributed by atoms with Gasteiger partial charge in [0.1, 0.15) is 6.07 Å². The molecule has 1 aliphatic rings. The van der Waals surface area contributed by atoms with E-state index in [9.17, 15) is 8.42 Å². The fourth-order valence-corrected chi connectivity index (χ4v) is 4.21. The van der Waals surface area contributed by atoms with E-state index in [0.29, 0.717) is 12.5 Å². The van der Waals surface area contributed by atoms with Gasteiger partial charge in [-0.2, -0.15) is 5.26 Å². The standard InChI is InChI=1S/C16H22N2O2S/c1-2-13-7-9-14(10-8-13)12-18-21(19,20)16-6-4-3-5-15(16)11-17/h3-6,13-14,18H,2,7-10,12H2,1H3. The molecule has 1 fully saturated rings. The highest BCUT2D eigenvalue weighted by molar-refractivity contribution is 7.89. The highest BCUT2D eigenvalue weighted by atomic mass is 32.2. The summed E-state index contributed by atoms with van der Waals surface area (Å²) < 4.78 is 27.3. The minimum absolute atomic E-state index is 0.0785. The van der Waals surface area contributed by atoms with Gasteiger partial charge >= 0.3 is 0 Å². The molecule has 0 saturated heterocycles. The topological polar surface area (TPSA) is 70.0 Å². The minimum atomic E-state index is -3.59. The summed E-state index contributed by atoms with van der Waals surface area (Å²) in [6.45, 7) is 2.69. The third-order valence-electron chi connectivity index (χ3n) is 4.40. The summed E-state index contributed by atoms with van der Waals surface area (Å²) in [5.41, 5.74) is 0.194. The Morgan fingerprint density at radius 1 is 1.19 bits per heavy atom. The highest BCUT2D eigenvalue weighted by Gasteiger charge is 2.23. The van der Waals surface area contributed by atoms with Crippen LogP contribution >= 0.6 is 0 Å². The SMILES string of the molecule is CCC1CCC(CNS(=O)(=O)c2ccccc2C#N)CC1. The molecule has 21 heavy (non-hydrogen) atoms. The van der Waals surface area contributed by atoms with E-state index in [0.717, 1.165) is 18.8 Å². The second-order valence-electron chi connectivity index (χ2n) is 5.75. The Balaban J connectivity index is 1.98. The van der Waals surface area contributed by atoms with Crippen LogP contribution in [0.15, 0.2) is 29.2 Å². The number of hydrogen-bond acceptors (Lipinski definition) is 3. The van der Waals surface area contributed by atoms with Crippen molar-refractivity contribution in [2.75, 3.05) is 6.54 Å². The van der Waals surface area contributed by atoms with Crippen molar-refractivity contribution in [3.8, 4) is 6.07 Å². The quantitative estimate of drug-likeness (QED) is 0.909. The van der Waals surface area contributed by atoms with E-state index in [4.69, 9.17) is 5.26 Å². The maximum Gasteiger partial charge on any atom is 0.241 e. The van der Waals surface area contributed by atoms with Crippen LogP contribution in [0.3, 0.4) is 0 Å². The number of hydrogen-bond donors (Lipinski definition) is 1. The molecule has 0 aromatic heterocycles. The Bertz CT molecular complexity index is 611. The van der Waals surface area contributed by atoms with Crippen molar-refractivity contribution in [3.05, 3.63) is 29.8 Å². The van der Waals surface area contributed by atoms with Gasteiger partial charge in [0.2, 0.25) is 10.0 Å². The van der Waals surface area contributed by atoms with Crippen molar-refractivity contribution < 1.29 is 8.42 Å². The normalized spacial score (nSPS) is 22.7. The van der Waals surface area contributed by atoms with Crippen molar-refractivity contribution in [1.82, 2.24) is 4.72 Å². The van der Waals surface area contributed by atoms with Crippen molar-refractivity contribution in [1.29, 1.82) is 5.26 Å². The first-order chi connectivity index (χ1) is 10.1. The molecule has 0 amide bonds. The molecule has 2 rings (SSSR count). The van der Waals surface area contributed by atoms with Gasteiger partial charge in [-0.05, 0) is 36.8 Å². The van der Waals surface area contributed by atoms with Gasteiger partial charge in [-0.1, -0.05) is 38.3 Å². The third kappa shape index (κ3) is 4.05. The van der Waals surface area contributed by atoms with Crippen LogP contribution in [0.25, 0.3) is 0 Å². The molecule has 4 nitrogen and oxygen atoms in total. The van der Waals surface area contributed by atoms with E-state index in [2.05, 4.69) is 11.6 Å². The van der Waals surface area contributed by atoms with Gasteiger partial charge in [-0.15, -0.1) is 0 Å². The summed E-state index contributed by atoms with van der Waals surface area (Å²) in [5.74, 6) is 1.22. The molecule has 0 atom stereocenters. The maximum absolute atomic E-state index is 12.3. The number of nitriles is 1. The first-order valence-corrected chi connectivity index (χ1v) is 9.04. The summed E-state index contributed by atoms with van der Waals surface area (Å²) in [5, 5.41) is 9.01. The lowest BCUT2D eigenvalue weighted by molar-refractivity contribution is 0.270. The lowest BCUT2D eigenvalue weighted by atomic mass is 9.81. The van der Waals surface area contributed by atoms with Crippen LogP contribution < -0.4 is 4.72 Å². The molecule has 1 saturated carbocycles. The predicted octanol–water partition coefficient (Wildman–Crippen LogP) is 3.05. The van der Waals surface area contributed by atoms with Gasteiger partial charge in [-0.25, -0.2) is 13.1 Å². The van der Waals surface area contributed by atoms with Gasteiger partial charge in [-0.3, -0.25) is 0 Å². The molecule has 0 bridgehead atoms. The van der Waals surface area contributed by atoms with Crippen molar-refractivity contribution in [2.45, 2.75) is 43.9 Å². The highest BCUT2D eigenvalue weighted by Crippen LogP contribution is 2.30. The van der Waals surface area contributed by atoms with Gasteiger partial charge in [0, 0.05) is 6.54 Å². The molecular weight excluding hydrogens is 284 g/mol. The van der Waals surface area contributed by atoms with E-state index in [-0.39, 0.29) is 10.5 Å². The summed E-state index contributed by atoms with van der Waals surface area (Å²) in [7, 11) is -3.59. The van der Waals surface area contributed by atoms with Crippen LogP contribution in [-0.4, -0.2) is 15.0 Å². The van der Waals surface area contributed by atoms with Crippen LogP contribution in [0.1, 0.15) is 44.6 Å². The zero-order valence-corrected chi connectivity index (χ0v) is 13.2. The molecule has 0 unspecified atom stereocenters. The molecule has 1 aromatic rings. The Hall–Kier alpha value is -1.38. The predicted molar refractivity (Wildman–Crippen MR) is 82.1 cm³/mol. The molecule has 0 heterocycles. The lowest BCUT2D eigenvalue weighted by Gasteiger charge is -2.27. The first kappa shape index (κ1) is 16.0. The van der Waals surface area contributed by atoms with Crippen molar-refractivity contribution in [3.63, 3.8) is 0 Å². The molecular formula is C16H22N2O2S. The summed E-state index contributed by atoms with van der Waals surface area (Å²) in [4.78, 5) is 0.0785. The number of sulfonamides is 1. The summed E-state index contributed by atoms with van der Waals surface area (Å²) in [6.07, 6.45) is 5.77. The Morgan fingerprint density at radius 3 is 2.43 bits per heavy atom. The van der Waals surface area contributed by atoms with Crippen LogP contribution in [0, 0.1) is 23.2 Å². The molecule has 1 N–H and O–H groups in total. The number of rotatable bonds is 5. The molecule has 1 aromatic carbocycles. The zero-order valence-electron chi connectivity index (χ0n) is 12.4. The number of benzene rings is 1. The maximum atomic E-state index is 12.3. The fraction of sp³-hybridized carbons (Fsp3) is 0.562. The van der Waals surface area contributed by atoms with Crippen molar-refractivity contribution in [2.24, 2.45) is 11.8 Å². The lowest BCUT2D eigenvalue weighted by Crippen LogP contribution is -2.31. The van der Waals surface area contributed by atoms with Crippen LogP contribution in [0.5, 0.6) is 0 Å². The fourth-order valence-electron chi connectivity index (χ4n) is 2.94. The second kappa shape index (κ2) is 7.06. The third-order valence-corrected chi connectivity index (χ3v) is 5.88. The largest absolute Gasteiger partial charge is 0.241 e. The van der Waals surface area contributed by atoms with E-state index >= 15 is 0 Å². The first-order valence-electron chi connectivity index (χ1n) is 7.55. The summed E-state index contributed by atoms with van der Waals surface area (Å²) >= 11 is 0. The van der Waals surface area contributed by atoms with E-state index < -0.39 is 10.0 Å². The van der Waals surface area contributed by atoms with E-state index in [1.807, 2.05) is 6.07 Å². The van der Waals surface area contributed by atoms with Gasteiger partial charge in [0.15, 0.2) is 0 Å². The molecule has 0 radical (unpaired) electrons. The number of nitrogens with one attached hydrogen (secondary N) is 1. The van der Waals surface area contributed by atoms with Crippen LogP contribution in [-0.2, 0) is 10.0 Å². The van der Waals surface area contributed by atoms with Crippen molar-refractivity contribution >= 4 is 10.0 Å². The Kier molecular flexibility index (Phi) is 5.38. The average molecular weight is 306 g/mol. The molecule has 1 aliphatic carbocycles. The average Bonchev–Trinajstić information content (AvgIpc) is 2.53. The zero-order chi connectivity index (χ0) is 15.3. The monoisotopic (exact) mass is 306 g/mol. The van der Waals surface area contributed by atoms with Gasteiger partial charge < -0.3 is 0 Å². The van der Waals surface area contributed by atoms with Crippen LogP contribution in [0.2, 0.25) is 0 Å². The molecule has 114 valence electrons. The second-order valence-corrected chi connectivity index (χ2v) is 7.49. The van der Waals surface area contributed by atoms with E-state index in [1.165, 1.54) is 31.4 Å². The smallest absolute Gasteiger partial charge is 0.211 e. The Morgan fingerprint density at radius 2 is 1.81 bits per heavy atom. The van der Waals surface area contributed by atoms with Gasteiger partial charge in [0.05, 0.1) is 10.5 Å². The van der Waals surface area contributed by atoms with Crippen LogP contribution in [0.4, 0.5) is 0 Å². The molecule has 5 heteroatoms. The number of nitrogens with zero attached hydrogens (tertiary/aromatic N) is 1. The molecule has 0 aliphatic heterocycles. The summed E-state index contributed by atoms with van der Waals surface area (Å²) in [6, 6.07) is 8.25. The van der Waals surface area contributed by atoms with Gasteiger partial charge in [0.25, 0.3) is 0 Å². The van der Waals surface area contributed by atoms with E-state index in [1.54, 1.807) is 12.1 Å². The Labute approximate surface area is 127 Å². The molecule has 0 spiro atoms.